The van der Waals surface area contributed by atoms with Gasteiger partial charge >= 0.3 is 0 Å². The van der Waals surface area contributed by atoms with Gasteiger partial charge in [0.25, 0.3) is 8.40 Å². The average molecular weight is 391 g/mol. The van der Waals surface area contributed by atoms with Gasteiger partial charge in [-0.2, -0.15) is 0 Å². The van der Waals surface area contributed by atoms with E-state index in [0.717, 1.165) is 0 Å². The minimum absolute atomic E-state index is 0.00705. The quantitative estimate of drug-likeness (QED) is 0.530. The number of hydrogen-bond acceptors (Lipinski definition) is 2. The molecule has 1 heterocycles. The molecule has 1 saturated heterocycles. The molecule has 0 spiro atoms. The maximum absolute atomic E-state index is 7.09. The summed E-state index contributed by atoms with van der Waals surface area (Å²) in [6.45, 7) is 13.7. The van der Waals surface area contributed by atoms with Gasteiger partial charge in [-0.3, -0.25) is 8.67 Å². The molecule has 5 heteroatoms. The van der Waals surface area contributed by atoms with Crippen molar-refractivity contribution in [1.82, 2.24) is 8.67 Å². The van der Waals surface area contributed by atoms with Crippen molar-refractivity contribution in [2.24, 2.45) is 0 Å². The van der Waals surface area contributed by atoms with Gasteiger partial charge in [-0.25, -0.2) is 0 Å². The smallest absolute Gasteiger partial charge is 0.253 e. The Bertz CT molecular complexity index is 661. The highest BCUT2D eigenvalue weighted by Crippen LogP contribution is 2.68. The monoisotopic (exact) mass is 390 g/mol. The van der Waals surface area contributed by atoms with Crippen LogP contribution in [0.1, 0.15) is 41.5 Å². The first-order chi connectivity index (χ1) is 11.6. The van der Waals surface area contributed by atoms with Gasteiger partial charge in [-0.1, -0.05) is 71.9 Å². The Hall–Kier alpha value is -0.703. The van der Waals surface area contributed by atoms with Crippen molar-refractivity contribution in [2.45, 2.75) is 52.6 Å². The van der Waals surface area contributed by atoms with E-state index in [1.165, 1.54) is 10.4 Å². The summed E-state index contributed by atoms with van der Waals surface area (Å²) in [7, 11) is -3.18. The molecule has 0 atom stereocenters. The van der Waals surface area contributed by atoms with Crippen LogP contribution in [0, 0.1) is 0 Å². The van der Waals surface area contributed by atoms with Gasteiger partial charge in [0.05, 0.1) is 0 Å². The molecule has 2 aromatic rings. The molecule has 25 heavy (non-hydrogen) atoms. The van der Waals surface area contributed by atoms with E-state index in [0.29, 0.717) is 0 Å². The summed E-state index contributed by atoms with van der Waals surface area (Å²) in [6.07, 6.45) is 0. The van der Waals surface area contributed by atoms with E-state index in [1.54, 1.807) is 0 Å². The summed E-state index contributed by atoms with van der Waals surface area (Å²) in [6, 6.07) is 22.0. The van der Waals surface area contributed by atoms with Crippen molar-refractivity contribution in [3.05, 3.63) is 60.7 Å². The summed E-state index contributed by atoms with van der Waals surface area (Å²) in [5.41, 5.74) is 0.0141. The average Bonchev–Trinajstić information content (AvgIpc) is 2.51. The fourth-order valence-electron chi connectivity index (χ4n) is 3.84. The summed E-state index contributed by atoms with van der Waals surface area (Å²) >= 11 is 7.09. The topological polar surface area (TPSA) is 6.48 Å². The van der Waals surface area contributed by atoms with Crippen molar-refractivity contribution < 1.29 is 0 Å². The van der Waals surface area contributed by atoms with Crippen LogP contribution in [0.25, 0.3) is 0 Å². The highest BCUT2D eigenvalue weighted by molar-refractivity contribution is 7.86. The highest BCUT2D eigenvalue weighted by atomic mass is 35.7. The Morgan fingerprint density at radius 3 is 1.28 bits per heavy atom. The van der Waals surface area contributed by atoms with Crippen molar-refractivity contribution in [1.29, 1.82) is 0 Å². The molecule has 0 aromatic heterocycles. The van der Waals surface area contributed by atoms with Crippen molar-refractivity contribution in [3.63, 3.8) is 0 Å². The first-order valence-electron chi connectivity index (χ1n) is 8.78. The number of halogens is 1. The standard InChI is InChI=1S/C20H28ClN2PSi/c1-19(2,3)22-24(21)23(20(4,5)6)25(22,17-13-9-7-10-14-17)18-15-11-8-12-16-18/h7-16H,1-6H3. The number of rotatable bonds is 2. The van der Waals surface area contributed by atoms with E-state index in [4.69, 9.17) is 11.2 Å². The molecule has 1 fully saturated rings. The van der Waals surface area contributed by atoms with Gasteiger partial charge in [0.1, 0.15) is 7.58 Å². The van der Waals surface area contributed by atoms with E-state index in [9.17, 15) is 0 Å². The van der Waals surface area contributed by atoms with Gasteiger partial charge in [0, 0.05) is 11.1 Å². The summed E-state index contributed by atoms with van der Waals surface area (Å²) < 4.78 is 5.26. The molecule has 2 nitrogen and oxygen atoms in total. The molecule has 0 unspecified atom stereocenters. The van der Waals surface area contributed by atoms with E-state index in [-0.39, 0.29) is 11.1 Å². The van der Waals surface area contributed by atoms with Crippen molar-refractivity contribution in [3.8, 4) is 0 Å². The van der Waals surface area contributed by atoms with E-state index in [2.05, 4.69) is 111 Å². The second kappa shape index (κ2) is 6.47. The Morgan fingerprint density at radius 2 is 1.00 bits per heavy atom. The zero-order chi connectivity index (χ0) is 18.5. The second-order valence-electron chi connectivity index (χ2n) is 8.61. The first kappa shape index (κ1) is 19.1. The Morgan fingerprint density at radius 1 is 0.680 bits per heavy atom. The molecular weight excluding hydrogens is 363 g/mol. The fourth-order valence-corrected chi connectivity index (χ4v) is 16.9. The molecule has 0 bridgehead atoms. The van der Waals surface area contributed by atoms with Crippen molar-refractivity contribution >= 4 is 37.6 Å². The SMILES string of the molecule is CC(C)(C)N1P(Cl)N(C(C)(C)C)[Si]1(c1ccccc1)c1ccccc1. The predicted molar refractivity (Wildman–Crippen MR) is 114 cm³/mol. The highest BCUT2D eigenvalue weighted by Gasteiger charge is 2.69. The molecular formula is C20H28ClN2PSi. The third-order valence-electron chi connectivity index (χ3n) is 4.57. The van der Waals surface area contributed by atoms with Crippen LogP contribution >= 0.6 is 18.8 Å². The zero-order valence-electron chi connectivity index (χ0n) is 16.0. The lowest BCUT2D eigenvalue weighted by Gasteiger charge is -2.69. The number of hydrogen-bond donors (Lipinski definition) is 0. The van der Waals surface area contributed by atoms with Gasteiger partial charge in [-0.15, -0.1) is 0 Å². The van der Waals surface area contributed by atoms with Crippen LogP contribution in [0.2, 0.25) is 0 Å². The van der Waals surface area contributed by atoms with Gasteiger partial charge in [0.15, 0.2) is 0 Å². The van der Waals surface area contributed by atoms with Crippen LogP contribution in [-0.4, -0.2) is 28.1 Å². The molecule has 1 aliphatic rings. The van der Waals surface area contributed by atoms with Crippen molar-refractivity contribution in [2.75, 3.05) is 0 Å². The lowest BCUT2D eigenvalue weighted by atomic mass is 10.1. The Kier molecular flexibility index (Phi) is 4.94. The lowest BCUT2D eigenvalue weighted by molar-refractivity contribution is 0.253. The summed E-state index contributed by atoms with van der Waals surface area (Å²) in [5, 5.41) is 2.82. The van der Waals surface area contributed by atoms with Crippen LogP contribution in [0.3, 0.4) is 0 Å². The third-order valence-corrected chi connectivity index (χ3v) is 15.8. The molecule has 2 aromatic carbocycles. The Balaban J connectivity index is 2.33. The second-order valence-corrected chi connectivity index (χ2v) is 14.9. The van der Waals surface area contributed by atoms with Crippen LogP contribution in [-0.2, 0) is 0 Å². The van der Waals surface area contributed by atoms with E-state index in [1.807, 2.05) is 0 Å². The molecule has 134 valence electrons. The lowest BCUT2D eigenvalue weighted by Crippen LogP contribution is -2.88. The molecule has 3 rings (SSSR count). The largest absolute Gasteiger partial charge is 0.284 e. The maximum Gasteiger partial charge on any atom is 0.284 e. The molecule has 1 aliphatic heterocycles. The normalized spacial score (nSPS) is 19.6. The van der Waals surface area contributed by atoms with E-state index < -0.39 is 16.0 Å². The van der Waals surface area contributed by atoms with Gasteiger partial charge in [0.2, 0.25) is 0 Å². The maximum atomic E-state index is 7.09. The minimum Gasteiger partial charge on any atom is -0.253 e. The third kappa shape index (κ3) is 3.01. The summed E-state index contributed by atoms with van der Waals surface area (Å²) in [4.78, 5) is 0. The summed E-state index contributed by atoms with van der Waals surface area (Å²) in [5.74, 6) is 0. The van der Waals surface area contributed by atoms with Crippen LogP contribution in [0.4, 0.5) is 0 Å². The molecule has 0 N–H and O–H groups in total. The number of nitrogens with zero attached hydrogens (tertiary/aromatic N) is 2. The van der Waals surface area contributed by atoms with Crippen LogP contribution in [0.15, 0.2) is 60.7 Å². The first-order valence-corrected chi connectivity index (χ1v) is 12.8. The minimum atomic E-state index is -2.32. The molecule has 0 aliphatic carbocycles. The van der Waals surface area contributed by atoms with Gasteiger partial charge in [-0.05, 0) is 51.9 Å². The van der Waals surface area contributed by atoms with Crippen LogP contribution < -0.4 is 10.4 Å². The Labute approximate surface area is 159 Å². The van der Waals surface area contributed by atoms with E-state index >= 15 is 0 Å². The zero-order valence-corrected chi connectivity index (χ0v) is 18.6. The predicted octanol–water partition coefficient (Wildman–Crippen LogP) is 4.92. The van der Waals surface area contributed by atoms with Crippen LogP contribution in [0.5, 0.6) is 0 Å². The fraction of sp³-hybridized carbons (Fsp3) is 0.400. The molecule has 0 saturated carbocycles. The molecule has 0 amide bonds. The van der Waals surface area contributed by atoms with Gasteiger partial charge < -0.3 is 0 Å². The number of benzene rings is 2. The molecule has 0 radical (unpaired) electrons.